The number of amides is 1. The standard InChI is InChI=1S/C13H18N2O3/c1-18-8-2-7-14-12(16)10-5-6-11(9-3-4-9)15-13(10)17/h5-6,9H,2-4,7-8H2,1H3,(H,14,16)(H,15,17). The molecule has 0 bridgehead atoms. The third-order valence-electron chi connectivity index (χ3n) is 3.00. The van der Waals surface area contributed by atoms with E-state index in [2.05, 4.69) is 10.3 Å². The van der Waals surface area contributed by atoms with Gasteiger partial charge >= 0.3 is 0 Å². The second-order valence-electron chi connectivity index (χ2n) is 4.53. The Morgan fingerprint density at radius 3 is 2.89 bits per heavy atom. The summed E-state index contributed by atoms with van der Waals surface area (Å²) >= 11 is 0. The van der Waals surface area contributed by atoms with E-state index < -0.39 is 0 Å². The highest BCUT2D eigenvalue weighted by Crippen LogP contribution is 2.38. The maximum Gasteiger partial charge on any atom is 0.261 e. The van der Waals surface area contributed by atoms with Crippen LogP contribution in [-0.4, -0.2) is 31.2 Å². The maximum atomic E-state index is 11.8. The Morgan fingerprint density at radius 1 is 1.50 bits per heavy atom. The molecule has 0 unspecified atom stereocenters. The van der Waals surface area contributed by atoms with Crippen molar-refractivity contribution in [1.82, 2.24) is 10.3 Å². The van der Waals surface area contributed by atoms with Crippen LogP contribution in [0.1, 0.15) is 41.2 Å². The summed E-state index contributed by atoms with van der Waals surface area (Å²) in [7, 11) is 1.61. The van der Waals surface area contributed by atoms with Crippen molar-refractivity contribution in [2.45, 2.75) is 25.2 Å². The normalized spacial score (nSPS) is 14.5. The van der Waals surface area contributed by atoms with Crippen LogP contribution in [-0.2, 0) is 4.74 Å². The minimum Gasteiger partial charge on any atom is -0.385 e. The molecule has 98 valence electrons. The van der Waals surface area contributed by atoms with Crippen molar-refractivity contribution < 1.29 is 9.53 Å². The molecule has 0 atom stereocenters. The smallest absolute Gasteiger partial charge is 0.261 e. The fraction of sp³-hybridized carbons (Fsp3) is 0.538. The van der Waals surface area contributed by atoms with Gasteiger partial charge in [-0.05, 0) is 37.3 Å². The lowest BCUT2D eigenvalue weighted by Crippen LogP contribution is -2.30. The summed E-state index contributed by atoms with van der Waals surface area (Å²) in [6, 6.07) is 3.45. The van der Waals surface area contributed by atoms with Crippen LogP contribution in [0.2, 0.25) is 0 Å². The number of rotatable bonds is 6. The first-order chi connectivity index (χ1) is 8.72. The van der Waals surface area contributed by atoms with Gasteiger partial charge in [0.25, 0.3) is 11.5 Å². The molecule has 1 amide bonds. The lowest BCUT2D eigenvalue weighted by molar-refractivity contribution is 0.0947. The first kappa shape index (κ1) is 12.8. The van der Waals surface area contributed by atoms with Gasteiger partial charge in [0.2, 0.25) is 0 Å². The number of ether oxygens (including phenoxy) is 1. The Bertz CT molecular complexity index is 477. The lowest BCUT2D eigenvalue weighted by Gasteiger charge is -2.05. The van der Waals surface area contributed by atoms with E-state index in [0.29, 0.717) is 19.1 Å². The summed E-state index contributed by atoms with van der Waals surface area (Å²) in [4.78, 5) is 26.3. The zero-order valence-electron chi connectivity index (χ0n) is 10.5. The van der Waals surface area contributed by atoms with Crippen molar-refractivity contribution in [2.75, 3.05) is 20.3 Å². The number of carbonyl (C=O) groups excluding carboxylic acids is 1. The summed E-state index contributed by atoms with van der Waals surface area (Å²) in [5.74, 6) is 0.159. The fourth-order valence-corrected chi connectivity index (χ4v) is 1.81. The van der Waals surface area contributed by atoms with Gasteiger partial charge in [-0.25, -0.2) is 0 Å². The van der Waals surface area contributed by atoms with E-state index in [1.54, 1.807) is 13.2 Å². The van der Waals surface area contributed by atoms with Crippen molar-refractivity contribution in [2.24, 2.45) is 0 Å². The van der Waals surface area contributed by atoms with E-state index in [1.165, 1.54) is 0 Å². The third kappa shape index (κ3) is 3.20. The molecule has 1 aromatic rings. The average Bonchev–Trinajstić information content (AvgIpc) is 3.18. The summed E-state index contributed by atoms with van der Waals surface area (Å²) in [5, 5.41) is 2.70. The number of H-pyrrole nitrogens is 1. The van der Waals surface area contributed by atoms with Crippen LogP contribution in [0, 0.1) is 0 Å². The molecule has 1 aromatic heterocycles. The Balaban J connectivity index is 1.95. The molecule has 0 radical (unpaired) electrons. The zero-order chi connectivity index (χ0) is 13.0. The number of methoxy groups -OCH3 is 1. The summed E-state index contributed by atoms with van der Waals surface area (Å²) in [5.41, 5.74) is 0.816. The van der Waals surface area contributed by atoms with Gasteiger partial charge in [0, 0.05) is 26.0 Å². The maximum absolute atomic E-state index is 11.8. The molecule has 2 rings (SSSR count). The third-order valence-corrected chi connectivity index (χ3v) is 3.00. The van der Waals surface area contributed by atoms with Gasteiger partial charge in [-0.3, -0.25) is 9.59 Å². The van der Waals surface area contributed by atoms with Gasteiger partial charge in [0.15, 0.2) is 0 Å². The van der Waals surface area contributed by atoms with Gasteiger partial charge in [-0.2, -0.15) is 0 Å². The van der Waals surface area contributed by atoms with Gasteiger partial charge < -0.3 is 15.0 Å². The molecule has 1 heterocycles. The highest BCUT2D eigenvalue weighted by molar-refractivity contribution is 5.93. The van der Waals surface area contributed by atoms with Gasteiger partial charge in [0.05, 0.1) is 0 Å². The molecule has 0 aliphatic heterocycles. The van der Waals surface area contributed by atoms with E-state index in [1.807, 2.05) is 6.07 Å². The van der Waals surface area contributed by atoms with E-state index in [4.69, 9.17) is 4.74 Å². The Hall–Kier alpha value is -1.62. The van der Waals surface area contributed by atoms with Crippen molar-refractivity contribution in [3.8, 4) is 0 Å². The molecular weight excluding hydrogens is 232 g/mol. The zero-order valence-corrected chi connectivity index (χ0v) is 10.5. The monoisotopic (exact) mass is 250 g/mol. The molecule has 1 aliphatic rings. The lowest BCUT2D eigenvalue weighted by atomic mass is 10.2. The highest BCUT2D eigenvalue weighted by Gasteiger charge is 2.25. The summed E-state index contributed by atoms with van der Waals surface area (Å²) < 4.78 is 4.88. The first-order valence-corrected chi connectivity index (χ1v) is 6.22. The fourth-order valence-electron chi connectivity index (χ4n) is 1.81. The number of pyridine rings is 1. The Labute approximate surface area is 106 Å². The molecule has 1 aliphatic carbocycles. The first-order valence-electron chi connectivity index (χ1n) is 6.22. The van der Waals surface area contributed by atoms with E-state index in [-0.39, 0.29) is 17.0 Å². The molecule has 1 fully saturated rings. The Kier molecular flexibility index (Phi) is 4.15. The van der Waals surface area contributed by atoms with Crippen LogP contribution in [0.5, 0.6) is 0 Å². The van der Waals surface area contributed by atoms with Crippen LogP contribution >= 0.6 is 0 Å². The van der Waals surface area contributed by atoms with Gasteiger partial charge in [-0.1, -0.05) is 0 Å². The number of aromatic nitrogens is 1. The molecule has 2 N–H and O–H groups in total. The molecule has 5 heteroatoms. The van der Waals surface area contributed by atoms with Gasteiger partial charge in [0.1, 0.15) is 5.56 Å². The molecule has 1 saturated carbocycles. The number of aromatic amines is 1. The van der Waals surface area contributed by atoms with Crippen LogP contribution in [0.25, 0.3) is 0 Å². The average molecular weight is 250 g/mol. The SMILES string of the molecule is COCCCNC(=O)c1ccc(C2CC2)[nH]c1=O. The molecular formula is C13H18N2O3. The molecule has 0 aromatic carbocycles. The van der Waals surface area contributed by atoms with Crippen molar-refractivity contribution >= 4 is 5.91 Å². The molecule has 0 saturated heterocycles. The second-order valence-corrected chi connectivity index (χ2v) is 4.53. The van der Waals surface area contributed by atoms with E-state index >= 15 is 0 Å². The van der Waals surface area contributed by atoms with Crippen LogP contribution in [0.3, 0.4) is 0 Å². The summed E-state index contributed by atoms with van der Waals surface area (Å²) in [6.45, 7) is 1.10. The quantitative estimate of drug-likeness (QED) is 0.740. The van der Waals surface area contributed by atoms with Crippen LogP contribution in [0.15, 0.2) is 16.9 Å². The number of carbonyl (C=O) groups is 1. The summed E-state index contributed by atoms with van der Waals surface area (Å²) in [6.07, 6.45) is 2.98. The predicted molar refractivity (Wildman–Crippen MR) is 67.9 cm³/mol. The number of hydrogen-bond donors (Lipinski definition) is 2. The van der Waals surface area contributed by atoms with Crippen LogP contribution < -0.4 is 10.9 Å². The minimum absolute atomic E-state index is 0.178. The van der Waals surface area contributed by atoms with Crippen molar-refractivity contribution in [3.05, 3.63) is 33.7 Å². The topological polar surface area (TPSA) is 71.2 Å². The van der Waals surface area contributed by atoms with E-state index in [0.717, 1.165) is 25.0 Å². The molecule has 5 nitrogen and oxygen atoms in total. The second kappa shape index (κ2) is 5.82. The largest absolute Gasteiger partial charge is 0.385 e. The van der Waals surface area contributed by atoms with Crippen LogP contribution in [0.4, 0.5) is 0 Å². The highest BCUT2D eigenvalue weighted by atomic mass is 16.5. The van der Waals surface area contributed by atoms with Crippen molar-refractivity contribution in [1.29, 1.82) is 0 Å². The van der Waals surface area contributed by atoms with Crippen molar-refractivity contribution in [3.63, 3.8) is 0 Å². The Morgan fingerprint density at radius 2 is 2.28 bits per heavy atom. The molecule has 18 heavy (non-hydrogen) atoms. The van der Waals surface area contributed by atoms with E-state index in [9.17, 15) is 9.59 Å². The molecule has 0 spiro atoms. The van der Waals surface area contributed by atoms with Gasteiger partial charge in [-0.15, -0.1) is 0 Å². The number of hydrogen-bond acceptors (Lipinski definition) is 3. The number of nitrogens with one attached hydrogen (secondary N) is 2. The minimum atomic E-state index is -0.324. The predicted octanol–water partition coefficient (Wildman–Crippen LogP) is 1.02.